The van der Waals surface area contributed by atoms with E-state index in [-0.39, 0.29) is 17.8 Å². The summed E-state index contributed by atoms with van der Waals surface area (Å²) in [6, 6.07) is 6.41. The second-order valence-electron chi connectivity index (χ2n) is 8.84. The number of pyridine rings is 1. The minimum atomic E-state index is -0.980. The molecule has 0 amide bonds. The standard InChI is InChI=1S/C23H25ClN4O2/c24-18-11-15(6-5-14(18)12-25)28-22(13-3-1-2-4-13)17-8-9-19-16(21(17)27-28)7-10-20(26-19)23(29)30/h5,7,10-11,13,15,17,21-22,27H,1-4,6,8-9H2,(H,29,30). The summed E-state index contributed by atoms with van der Waals surface area (Å²) in [5.41, 5.74) is 6.48. The molecule has 0 spiro atoms. The number of hydrogen-bond acceptors (Lipinski definition) is 5. The van der Waals surface area contributed by atoms with Crippen molar-refractivity contribution in [3.05, 3.63) is 51.8 Å². The van der Waals surface area contributed by atoms with Gasteiger partial charge in [-0.05, 0) is 61.6 Å². The molecular formula is C23H25ClN4O2. The van der Waals surface area contributed by atoms with Crippen LogP contribution in [-0.4, -0.2) is 33.2 Å². The Bertz CT molecular complexity index is 976. The monoisotopic (exact) mass is 424 g/mol. The second kappa shape index (κ2) is 7.81. The molecule has 1 saturated carbocycles. The number of aryl methyl sites for hydroxylation is 1. The maximum atomic E-state index is 11.3. The Balaban J connectivity index is 1.49. The van der Waals surface area contributed by atoms with Crippen LogP contribution in [0.5, 0.6) is 0 Å². The summed E-state index contributed by atoms with van der Waals surface area (Å²) in [6.07, 6.45) is 11.6. The predicted octanol–water partition coefficient (Wildman–Crippen LogP) is 4.11. The Morgan fingerprint density at radius 1 is 1.30 bits per heavy atom. The third-order valence-corrected chi connectivity index (χ3v) is 7.60. The average Bonchev–Trinajstić information content (AvgIpc) is 3.40. The summed E-state index contributed by atoms with van der Waals surface area (Å²) in [4.78, 5) is 15.8. The van der Waals surface area contributed by atoms with Gasteiger partial charge in [0.2, 0.25) is 0 Å². The summed E-state index contributed by atoms with van der Waals surface area (Å²) in [5.74, 6) is 0.132. The first-order valence-corrected chi connectivity index (χ1v) is 11.2. The molecule has 4 aliphatic rings. The van der Waals surface area contributed by atoms with Crippen molar-refractivity contribution < 1.29 is 9.90 Å². The van der Waals surface area contributed by atoms with Crippen molar-refractivity contribution in [1.29, 1.82) is 5.26 Å². The molecule has 7 heteroatoms. The molecule has 156 valence electrons. The maximum Gasteiger partial charge on any atom is 0.354 e. The van der Waals surface area contributed by atoms with Crippen molar-refractivity contribution >= 4 is 17.6 Å². The number of hydrazine groups is 1. The summed E-state index contributed by atoms with van der Waals surface area (Å²) >= 11 is 6.39. The van der Waals surface area contributed by atoms with Crippen LogP contribution in [0.4, 0.5) is 0 Å². The van der Waals surface area contributed by atoms with Crippen molar-refractivity contribution in [3.63, 3.8) is 0 Å². The number of carboxylic acid groups (broad SMARTS) is 1. The number of hydrogen-bond donors (Lipinski definition) is 2. The number of aromatic nitrogens is 1. The number of nitrogens with one attached hydrogen (secondary N) is 1. The quantitative estimate of drug-likeness (QED) is 0.759. The van der Waals surface area contributed by atoms with Crippen molar-refractivity contribution in [1.82, 2.24) is 15.4 Å². The highest BCUT2D eigenvalue weighted by Crippen LogP contribution is 2.48. The molecule has 4 unspecified atom stereocenters. The van der Waals surface area contributed by atoms with Gasteiger partial charge in [0, 0.05) is 17.8 Å². The molecule has 4 atom stereocenters. The number of rotatable bonds is 3. The van der Waals surface area contributed by atoms with E-state index in [1.807, 2.05) is 18.2 Å². The smallest absolute Gasteiger partial charge is 0.354 e. The van der Waals surface area contributed by atoms with Crippen LogP contribution in [0.1, 0.15) is 66.3 Å². The molecular weight excluding hydrogens is 400 g/mol. The molecule has 30 heavy (non-hydrogen) atoms. The Hall–Kier alpha value is -2.20. The van der Waals surface area contributed by atoms with Gasteiger partial charge in [-0.1, -0.05) is 36.6 Å². The van der Waals surface area contributed by atoms with Crippen LogP contribution in [0.25, 0.3) is 0 Å². The molecule has 0 bridgehead atoms. The minimum Gasteiger partial charge on any atom is -0.477 e. The number of carbonyl (C=O) groups is 1. The van der Waals surface area contributed by atoms with Crippen LogP contribution >= 0.6 is 11.6 Å². The second-order valence-corrected chi connectivity index (χ2v) is 9.24. The van der Waals surface area contributed by atoms with Crippen molar-refractivity contribution in [2.45, 2.75) is 63.1 Å². The van der Waals surface area contributed by atoms with Gasteiger partial charge in [0.15, 0.2) is 0 Å². The van der Waals surface area contributed by atoms with Gasteiger partial charge in [0.05, 0.1) is 16.6 Å². The first-order chi connectivity index (χ1) is 14.6. The zero-order chi connectivity index (χ0) is 20.8. The van der Waals surface area contributed by atoms with Crippen molar-refractivity contribution in [2.24, 2.45) is 11.8 Å². The number of allylic oxidation sites excluding steroid dienone is 2. The van der Waals surface area contributed by atoms with Gasteiger partial charge in [0.1, 0.15) is 11.8 Å². The van der Waals surface area contributed by atoms with Crippen LogP contribution in [0, 0.1) is 23.2 Å². The highest BCUT2D eigenvalue weighted by atomic mass is 35.5. The maximum absolute atomic E-state index is 11.3. The Morgan fingerprint density at radius 3 is 2.80 bits per heavy atom. The number of nitrogens with zero attached hydrogens (tertiary/aromatic N) is 3. The van der Waals surface area contributed by atoms with E-state index in [4.69, 9.17) is 11.6 Å². The predicted molar refractivity (Wildman–Crippen MR) is 113 cm³/mol. The molecule has 0 radical (unpaired) electrons. The Kier molecular flexibility index (Phi) is 5.14. The molecule has 5 rings (SSSR count). The van der Waals surface area contributed by atoms with Crippen LogP contribution in [-0.2, 0) is 6.42 Å². The van der Waals surface area contributed by atoms with Crippen molar-refractivity contribution in [2.75, 3.05) is 0 Å². The normalized spacial score (nSPS) is 31.5. The van der Waals surface area contributed by atoms with E-state index in [0.717, 1.165) is 30.5 Å². The molecule has 3 aliphatic carbocycles. The molecule has 6 nitrogen and oxygen atoms in total. The third-order valence-electron chi connectivity index (χ3n) is 7.27. The summed E-state index contributed by atoms with van der Waals surface area (Å²) < 4.78 is 0. The minimum absolute atomic E-state index is 0.112. The van der Waals surface area contributed by atoms with Gasteiger partial charge in [-0.2, -0.15) is 5.26 Å². The highest BCUT2D eigenvalue weighted by molar-refractivity contribution is 6.32. The molecule has 1 aliphatic heterocycles. The van der Waals surface area contributed by atoms with E-state index in [2.05, 4.69) is 21.5 Å². The largest absolute Gasteiger partial charge is 0.477 e. The van der Waals surface area contributed by atoms with Gasteiger partial charge >= 0.3 is 5.97 Å². The first-order valence-electron chi connectivity index (χ1n) is 10.8. The van der Waals surface area contributed by atoms with Gasteiger partial charge in [-0.15, -0.1) is 0 Å². The zero-order valence-electron chi connectivity index (χ0n) is 16.7. The van der Waals surface area contributed by atoms with Crippen LogP contribution in [0.3, 0.4) is 0 Å². The van der Waals surface area contributed by atoms with E-state index in [1.54, 1.807) is 6.07 Å². The zero-order valence-corrected chi connectivity index (χ0v) is 17.5. The molecule has 1 aromatic heterocycles. The van der Waals surface area contributed by atoms with E-state index < -0.39 is 5.97 Å². The van der Waals surface area contributed by atoms with Gasteiger partial charge in [-0.25, -0.2) is 20.2 Å². The molecule has 2 heterocycles. The molecule has 0 aromatic carbocycles. The fourth-order valence-electron chi connectivity index (χ4n) is 5.95. The number of aromatic carboxylic acids is 1. The summed E-state index contributed by atoms with van der Waals surface area (Å²) in [6.45, 7) is 0. The number of fused-ring (bicyclic) bond motifs is 3. The molecule has 1 aromatic rings. The number of carboxylic acids is 1. The first kappa shape index (κ1) is 19.7. The average molecular weight is 425 g/mol. The summed E-state index contributed by atoms with van der Waals surface area (Å²) in [5, 5.41) is 21.5. The topological polar surface area (TPSA) is 89.2 Å². The number of halogens is 1. The van der Waals surface area contributed by atoms with Gasteiger partial charge in [0.25, 0.3) is 0 Å². The number of nitriles is 1. The van der Waals surface area contributed by atoms with Crippen LogP contribution in [0.2, 0.25) is 0 Å². The fourth-order valence-corrected chi connectivity index (χ4v) is 6.21. The van der Waals surface area contributed by atoms with E-state index >= 15 is 0 Å². The lowest BCUT2D eigenvalue weighted by Gasteiger charge is -2.37. The fraction of sp³-hybridized carbons (Fsp3) is 0.522. The lowest BCUT2D eigenvalue weighted by atomic mass is 9.75. The van der Waals surface area contributed by atoms with Gasteiger partial charge < -0.3 is 5.11 Å². The van der Waals surface area contributed by atoms with E-state index in [0.29, 0.717) is 28.5 Å². The Morgan fingerprint density at radius 2 is 2.10 bits per heavy atom. The molecule has 2 fully saturated rings. The van der Waals surface area contributed by atoms with Crippen LogP contribution < -0.4 is 5.43 Å². The molecule has 1 saturated heterocycles. The summed E-state index contributed by atoms with van der Waals surface area (Å²) in [7, 11) is 0. The van der Waals surface area contributed by atoms with Crippen LogP contribution in [0.15, 0.2) is 34.9 Å². The van der Waals surface area contributed by atoms with E-state index in [9.17, 15) is 15.2 Å². The highest BCUT2D eigenvalue weighted by Gasteiger charge is 2.50. The van der Waals surface area contributed by atoms with Crippen molar-refractivity contribution in [3.8, 4) is 6.07 Å². The Labute approximate surface area is 181 Å². The lowest BCUT2D eigenvalue weighted by Crippen LogP contribution is -2.48. The lowest BCUT2D eigenvalue weighted by molar-refractivity contribution is 0.0690. The SMILES string of the molecule is N#CC1=CCC(N2NC3c4ccc(C(=O)O)nc4CCC3C2C2CCCC2)C=C1Cl. The van der Waals surface area contributed by atoms with E-state index in [1.165, 1.54) is 25.7 Å². The molecule has 2 N–H and O–H groups in total. The van der Waals surface area contributed by atoms with Gasteiger partial charge in [-0.3, -0.25) is 0 Å². The third kappa shape index (κ3) is 3.26.